The number of hydrogen-bond acceptors (Lipinski definition) is 5. The van der Waals surface area contributed by atoms with Crippen LogP contribution < -0.4 is 16.8 Å². The predicted octanol–water partition coefficient (Wildman–Crippen LogP) is 1.59. The predicted molar refractivity (Wildman–Crippen MR) is 102 cm³/mol. The number of pyridine rings is 1. The van der Waals surface area contributed by atoms with Crippen LogP contribution in [0.25, 0.3) is 21.9 Å². The molecule has 11 heteroatoms. The summed E-state index contributed by atoms with van der Waals surface area (Å²) in [6, 6.07) is 8.41. The molecule has 0 aliphatic rings. The molecule has 0 amide bonds. The van der Waals surface area contributed by atoms with Gasteiger partial charge in [0, 0.05) is 20.0 Å². The van der Waals surface area contributed by atoms with Gasteiger partial charge in [0.05, 0.1) is 16.3 Å². The highest BCUT2D eigenvalue weighted by Gasteiger charge is 2.33. The molecule has 30 heavy (non-hydrogen) atoms. The third kappa shape index (κ3) is 3.27. The van der Waals surface area contributed by atoms with Crippen molar-refractivity contribution in [2.24, 2.45) is 7.05 Å². The molecule has 0 bridgehead atoms. The highest BCUT2D eigenvalue weighted by atomic mass is 19.4. The molecule has 3 heterocycles. The molecule has 4 aromatic rings. The second kappa shape index (κ2) is 6.94. The molecule has 0 saturated heterocycles. The number of para-hydroxylation sites is 1. The standard InChI is InChI=1S/C19H14F3N5O3/c1-26-15-11(6-7-13(24-15)19(20,21)22)17(29)27(18(26)30)9-8-14-23-12-5-3-2-4-10(12)16(28)25-14/h2-7H,8-9H2,1H3,(H,23,25,28). The van der Waals surface area contributed by atoms with E-state index >= 15 is 0 Å². The lowest BCUT2D eigenvalue weighted by atomic mass is 10.2. The van der Waals surface area contributed by atoms with Crippen molar-refractivity contribution in [3.05, 3.63) is 79.1 Å². The van der Waals surface area contributed by atoms with Gasteiger partial charge in [-0.3, -0.25) is 18.7 Å². The van der Waals surface area contributed by atoms with Crippen molar-refractivity contribution in [1.29, 1.82) is 0 Å². The zero-order valence-electron chi connectivity index (χ0n) is 15.5. The van der Waals surface area contributed by atoms with E-state index < -0.39 is 23.1 Å². The van der Waals surface area contributed by atoms with Crippen molar-refractivity contribution >= 4 is 21.9 Å². The number of aromatic amines is 1. The average molecular weight is 417 g/mol. The van der Waals surface area contributed by atoms with E-state index in [1.165, 1.54) is 7.05 Å². The van der Waals surface area contributed by atoms with Crippen LogP contribution in [-0.4, -0.2) is 24.1 Å². The summed E-state index contributed by atoms with van der Waals surface area (Å²) >= 11 is 0. The number of rotatable bonds is 3. The van der Waals surface area contributed by atoms with Crippen molar-refractivity contribution in [2.45, 2.75) is 19.1 Å². The maximum atomic E-state index is 12.9. The first-order valence-electron chi connectivity index (χ1n) is 8.82. The first-order chi connectivity index (χ1) is 14.2. The Kier molecular flexibility index (Phi) is 4.52. The van der Waals surface area contributed by atoms with E-state index in [-0.39, 0.29) is 35.4 Å². The molecule has 0 saturated carbocycles. The van der Waals surface area contributed by atoms with E-state index in [2.05, 4.69) is 15.0 Å². The second-order valence-corrected chi connectivity index (χ2v) is 6.64. The zero-order valence-corrected chi connectivity index (χ0v) is 15.5. The molecule has 0 unspecified atom stereocenters. The molecule has 1 N–H and O–H groups in total. The van der Waals surface area contributed by atoms with Gasteiger partial charge in [-0.15, -0.1) is 0 Å². The van der Waals surface area contributed by atoms with E-state index in [1.807, 2.05) is 0 Å². The average Bonchev–Trinajstić information content (AvgIpc) is 2.71. The highest BCUT2D eigenvalue weighted by molar-refractivity contribution is 5.77. The number of hydrogen-bond donors (Lipinski definition) is 1. The van der Waals surface area contributed by atoms with Crippen molar-refractivity contribution in [1.82, 2.24) is 24.1 Å². The van der Waals surface area contributed by atoms with Crippen LogP contribution in [0.4, 0.5) is 13.2 Å². The van der Waals surface area contributed by atoms with E-state index in [4.69, 9.17) is 0 Å². The van der Waals surface area contributed by atoms with Crippen molar-refractivity contribution < 1.29 is 13.2 Å². The summed E-state index contributed by atoms with van der Waals surface area (Å²) in [5.41, 5.74) is -3.01. The molecule has 3 aromatic heterocycles. The number of fused-ring (bicyclic) bond motifs is 2. The van der Waals surface area contributed by atoms with E-state index in [0.717, 1.165) is 15.2 Å². The summed E-state index contributed by atoms with van der Waals surface area (Å²) in [6.07, 6.45) is -4.64. The monoisotopic (exact) mass is 417 g/mol. The Morgan fingerprint density at radius 1 is 1.00 bits per heavy atom. The maximum Gasteiger partial charge on any atom is 0.433 e. The van der Waals surface area contributed by atoms with Crippen molar-refractivity contribution in [2.75, 3.05) is 0 Å². The van der Waals surface area contributed by atoms with E-state index in [0.29, 0.717) is 17.0 Å². The Balaban J connectivity index is 1.76. The lowest BCUT2D eigenvalue weighted by Crippen LogP contribution is -2.40. The van der Waals surface area contributed by atoms with Crippen LogP contribution in [0.3, 0.4) is 0 Å². The summed E-state index contributed by atoms with van der Waals surface area (Å²) in [7, 11) is 1.24. The van der Waals surface area contributed by atoms with Crippen LogP contribution in [0.5, 0.6) is 0 Å². The number of aryl methyl sites for hydroxylation is 2. The fourth-order valence-corrected chi connectivity index (χ4v) is 3.20. The summed E-state index contributed by atoms with van der Waals surface area (Å²) in [5, 5.41) is 0.289. The fourth-order valence-electron chi connectivity index (χ4n) is 3.20. The Morgan fingerprint density at radius 3 is 2.47 bits per heavy atom. The third-order valence-corrected chi connectivity index (χ3v) is 4.71. The summed E-state index contributed by atoms with van der Waals surface area (Å²) < 4.78 is 40.5. The van der Waals surface area contributed by atoms with Gasteiger partial charge in [0.15, 0.2) is 0 Å². The lowest BCUT2D eigenvalue weighted by Gasteiger charge is -2.12. The number of nitrogens with one attached hydrogen (secondary N) is 1. The number of benzene rings is 1. The van der Waals surface area contributed by atoms with Crippen LogP contribution in [0.15, 0.2) is 50.8 Å². The van der Waals surface area contributed by atoms with Crippen LogP contribution >= 0.6 is 0 Å². The first kappa shape index (κ1) is 19.6. The number of halogens is 3. The van der Waals surface area contributed by atoms with Crippen LogP contribution in [0, 0.1) is 0 Å². The fraction of sp³-hybridized carbons (Fsp3) is 0.211. The van der Waals surface area contributed by atoms with Gasteiger partial charge in [-0.2, -0.15) is 13.2 Å². The van der Waals surface area contributed by atoms with Gasteiger partial charge in [-0.25, -0.2) is 14.8 Å². The van der Waals surface area contributed by atoms with E-state index in [1.54, 1.807) is 24.3 Å². The van der Waals surface area contributed by atoms with Gasteiger partial charge in [0.2, 0.25) is 0 Å². The van der Waals surface area contributed by atoms with Gasteiger partial charge >= 0.3 is 11.9 Å². The molecule has 0 atom stereocenters. The molecule has 154 valence electrons. The summed E-state index contributed by atoms with van der Waals surface area (Å²) in [5.74, 6) is 0.276. The van der Waals surface area contributed by atoms with Crippen LogP contribution in [0.2, 0.25) is 0 Å². The molecular weight excluding hydrogens is 403 g/mol. The minimum absolute atomic E-state index is 0.0643. The molecule has 0 aliphatic heterocycles. The Morgan fingerprint density at radius 2 is 1.73 bits per heavy atom. The molecule has 0 radical (unpaired) electrons. The number of alkyl halides is 3. The molecule has 0 spiro atoms. The quantitative estimate of drug-likeness (QED) is 0.546. The maximum absolute atomic E-state index is 12.9. The molecular formula is C19H14F3N5O3. The van der Waals surface area contributed by atoms with Crippen molar-refractivity contribution in [3.63, 3.8) is 0 Å². The lowest BCUT2D eigenvalue weighted by molar-refractivity contribution is -0.141. The summed E-state index contributed by atoms with van der Waals surface area (Å²) in [6.45, 7) is -0.121. The minimum atomic E-state index is -4.70. The number of H-pyrrole nitrogens is 1. The van der Waals surface area contributed by atoms with E-state index in [9.17, 15) is 27.6 Å². The SMILES string of the molecule is Cn1c(=O)n(CCc2nc3ccccc3c(=O)[nH]2)c(=O)c2ccc(C(F)(F)F)nc21. The summed E-state index contributed by atoms with van der Waals surface area (Å²) in [4.78, 5) is 47.8. The largest absolute Gasteiger partial charge is 0.433 e. The van der Waals surface area contributed by atoms with Gasteiger partial charge in [-0.05, 0) is 24.3 Å². The second-order valence-electron chi connectivity index (χ2n) is 6.64. The smallest absolute Gasteiger partial charge is 0.310 e. The number of aromatic nitrogens is 5. The van der Waals surface area contributed by atoms with Gasteiger partial charge < -0.3 is 4.98 Å². The molecule has 0 fully saturated rings. The minimum Gasteiger partial charge on any atom is -0.310 e. The Bertz CT molecular complexity index is 1470. The number of nitrogens with zero attached hydrogens (tertiary/aromatic N) is 4. The van der Waals surface area contributed by atoms with Gasteiger partial charge in [0.25, 0.3) is 11.1 Å². The molecule has 4 rings (SSSR count). The zero-order chi connectivity index (χ0) is 21.6. The van der Waals surface area contributed by atoms with Crippen LogP contribution in [-0.2, 0) is 26.2 Å². The first-order valence-corrected chi connectivity index (χ1v) is 8.82. The Labute approximate surface area is 165 Å². The van der Waals surface area contributed by atoms with Gasteiger partial charge in [-0.1, -0.05) is 12.1 Å². The molecule has 8 nitrogen and oxygen atoms in total. The third-order valence-electron chi connectivity index (χ3n) is 4.71. The van der Waals surface area contributed by atoms with Crippen LogP contribution in [0.1, 0.15) is 11.5 Å². The topological polar surface area (TPSA) is 103 Å². The Hall–Kier alpha value is -3.76. The highest BCUT2D eigenvalue weighted by Crippen LogP contribution is 2.28. The normalized spacial score (nSPS) is 12.0. The van der Waals surface area contributed by atoms with Crippen molar-refractivity contribution in [3.8, 4) is 0 Å². The molecule has 1 aromatic carbocycles. The van der Waals surface area contributed by atoms with Gasteiger partial charge in [0.1, 0.15) is 17.2 Å². The molecule has 0 aliphatic carbocycles.